The van der Waals surface area contributed by atoms with Gasteiger partial charge in [0.05, 0.1) is 9.37 Å². The molecule has 0 aliphatic carbocycles. The molecule has 1 aromatic carbocycles. The Hall–Kier alpha value is -0.660. The third-order valence-corrected chi connectivity index (χ3v) is 3.73. The van der Waals surface area contributed by atoms with Crippen molar-refractivity contribution in [1.82, 2.24) is 4.98 Å². The topological polar surface area (TPSA) is 59.4 Å². The molecule has 1 N–H and O–H groups in total. The first kappa shape index (κ1) is 14.7. The summed E-state index contributed by atoms with van der Waals surface area (Å²) < 4.78 is 26.0. The van der Waals surface area contributed by atoms with Gasteiger partial charge in [-0.1, -0.05) is 23.2 Å². The molecule has 2 rings (SSSR count). The van der Waals surface area contributed by atoms with E-state index in [1.807, 2.05) is 0 Å². The zero-order valence-corrected chi connectivity index (χ0v) is 13.1. The summed E-state index contributed by atoms with van der Waals surface area (Å²) in [5.41, 5.74) is 0. The van der Waals surface area contributed by atoms with Crippen molar-refractivity contribution >= 4 is 50.2 Å². The molecule has 4 nitrogen and oxygen atoms in total. The van der Waals surface area contributed by atoms with Crippen LogP contribution in [0.2, 0.25) is 10.3 Å². The minimum absolute atomic E-state index is 0.215. The van der Waals surface area contributed by atoms with E-state index in [0.29, 0.717) is 16.0 Å². The van der Waals surface area contributed by atoms with Crippen molar-refractivity contribution in [2.45, 2.75) is 4.90 Å². The Bertz CT molecular complexity index is 634. The summed E-state index contributed by atoms with van der Waals surface area (Å²) >= 11 is 12.7. The summed E-state index contributed by atoms with van der Waals surface area (Å²) in [4.78, 5) is 4.07. The van der Waals surface area contributed by atoms with E-state index in [9.17, 15) is 4.21 Å². The van der Waals surface area contributed by atoms with E-state index in [4.69, 9.17) is 32.5 Å². The molecular weight excluding hydrogens is 377 g/mol. The molecule has 0 amide bonds. The zero-order chi connectivity index (χ0) is 14.0. The van der Waals surface area contributed by atoms with Crippen LogP contribution < -0.4 is 4.74 Å². The Morgan fingerprint density at radius 2 is 1.84 bits per heavy atom. The van der Waals surface area contributed by atoms with E-state index in [1.165, 1.54) is 24.3 Å². The van der Waals surface area contributed by atoms with E-state index < -0.39 is 11.1 Å². The predicted octanol–water partition coefficient (Wildman–Crippen LogP) is 4.52. The lowest BCUT2D eigenvalue weighted by atomic mass is 10.3. The number of aromatic nitrogens is 1. The second-order valence-corrected chi connectivity index (χ2v) is 5.99. The maximum absolute atomic E-state index is 10.9. The molecule has 1 unspecified atom stereocenters. The number of hydrogen-bond acceptors (Lipinski definition) is 3. The summed E-state index contributed by atoms with van der Waals surface area (Å²) in [5, 5.41) is 0.429. The highest BCUT2D eigenvalue weighted by Crippen LogP contribution is 2.32. The molecule has 0 saturated carbocycles. The highest BCUT2D eigenvalue weighted by molar-refractivity contribution is 9.10. The third-order valence-electron chi connectivity index (χ3n) is 2.07. The number of nitrogens with zero attached hydrogens (tertiary/aromatic N) is 1. The molecule has 0 spiro atoms. The van der Waals surface area contributed by atoms with Crippen molar-refractivity contribution in [3.63, 3.8) is 0 Å². The van der Waals surface area contributed by atoms with Gasteiger partial charge in [-0.3, -0.25) is 0 Å². The molecule has 1 aromatic heterocycles. The third kappa shape index (κ3) is 3.90. The molecule has 0 aliphatic rings. The summed E-state index contributed by atoms with van der Waals surface area (Å²) in [6.45, 7) is 0. The second kappa shape index (κ2) is 6.19. The van der Waals surface area contributed by atoms with Crippen LogP contribution >= 0.6 is 39.1 Å². The maximum Gasteiger partial charge on any atom is 0.186 e. The molecule has 1 heterocycles. The maximum atomic E-state index is 10.9. The number of pyridine rings is 1. The van der Waals surface area contributed by atoms with Gasteiger partial charge in [-0.2, -0.15) is 0 Å². The van der Waals surface area contributed by atoms with Crippen molar-refractivity contribution in [1.29, 1.82) is 0 Å². The lowest BCUT2D eigenvalue weighted by molar-refractivity contribution is 0.478. The fourth-order valence-electron chi connectivity index (χ4n) is 1.30. The van der Waals surface area contributed by atoms with E-state index in [-0.39, 0.29) is 15.2 Å². The van der Waals surface area contributed by atoms with E-state index in [1.54, 1.807) is 6.07 Å². The molecule has 0 fully saturated rings. The molecular formula is C11H6BrCl2NO3S. The SMILES string of the molecule is O=S(O)c1ccc(Oc2cc(Cl)nc(Cl)c2)c(Br)c1. The molecule has 0 radical (unpaired) electrons. The Morgan fingerprint density at radius 1 is 1.21 bits per heavy atom. The molecule has 2 aromatic rings. The molecule has 19 heavy (non-hydrogen) atoms. The van der Waals surface area contributed by atoms with Gasteiger partial charge in [0, 0.05) is 12.1 Å². The highest BCUT2D eigenvalue weighted by Gasteiger charge is 2.08. The van der Waals surface area contributed by atoms with E-state index >= 15 is 0 Å². The van der Waals surface area contributed by atoms with Crippen LogP contribution in [0.3, 0.4) is 0 Å². The van der Waals surface area contributed by atoms with Gasteiger partial charge in [0.15, 0.2) is 11.1 Å². The number of hydrogen-bond donors (Lipinski definition) is 1. The Labute approximate surface area is 130 Å². The Morgan fingerprint density at radius 3 is 2.37 bits per heavy atom. The van der Waals surface area contributed by atoms with Crippen molar-refractivity contribution < 1.29 is 13.5 Å². The van der Waals surface area contributed by atoms with Crippen LogP contribution in [0.5, 0.6) is 11.5 Å². The minimum atomic E-state index is -2.04. The molecule has 0 aliphatic heterocycles. The highest BCUT2D eigenvalue weighted by atomic mass is 79.9. The fourth-order valence-corrected chi connectivity index (χ4v) is 2.76. The molecule has 8 heteroatoms. The Kier molecular flexibility index (Phi) is 4.81. The summed E-state index contributed by atoms with van der Waals surface area (Å²) in [7, 11) is 0. The fraction of sp³-hybridized carbons (Fsp3) is 0. The van der Waals surface area contributed by atoms with Crippen molar-refractivity contribution in [2.24, 2.45) is 0 Å². The number of ether oxygens (including phenoxy) is 1. The quantitative estimate of drug-likeness (QED) is 0.626. The van der Waals surface area contributed by atoms with Crippen LogP contribution in [-0.4, -0.2) is 13.7 Å². The van der Waals surface area contributed by atoms with Gasteiger partial charge in [0.1, 0.15) is 21.8 Å². The average molecular weight is 383 g/mol. The first-order valence-corrected chi connectivity index (χ1v) is 7.52. The number of rotatable bonds is 3. The second-order valence-electron chi connectivity index (χ2n) is 3.39. The smallest absolute Gasteiger partial charge is 0.186 e. The molecule has 100 valence electrons. The lowest BCUT2D eigenvalue weighted by Crippen LogP contribution is -1.91. The first-order chi connectivity index (χ1) is 8.95. The molecule has 0 saturated heterocycles. The molecule has 0 bridgehead atoms. The van der Waals surface area contributed by atoms with E-state index in [0.717, 1.165) is 0 Å². The van der Waals surface area contributed by atoms with Gasteiger partial charge >= 0.3 is 0 Å². The standard InChI is InChI=1S/C11H6BrCl2NO3S/c12-8-5-7(19(16)17)1-2-9(8)18-6-3-10(13)15-11(14)4-6/h1-5H,(H,16,17). The van der Waals surface area contributed by atoms with Crippen molar-refractivity contribution in [3.05, 3.63) is 45.1 Å². The number of halogens is 3. The summed E-state index contributed by atoms with van der Waals surface area (Å²) in [6.07, 6.45) is 0. The van der Waals surface area contributed by atoms with E-state index in [2.05, 4.69) is 20.9 Å². The minimum Gasteiger partial charge on any atom is -0.456 e. The van der Waals surface area contributed by atoms with Gasteiger partial charge in [-0.15, -0.1) is 0 Å². The summed E-state index contributed by atoms with van der Waals surface area (Å²) in [6, 6.07) is 7.57. The summed E-state index contributed by atoms with van der Waals surface area (Å²) in [5.74, 6) is 0.885. The van der Waals surface area contributed by atoms with Gasteiger partial charge in [0.2, 0.25) is 0 Å². The van der Waals surface area contributed by atoms with Crippen LogP contribution in [0.25, 0.3) is 0 Å². The van der Waals surface area contributed by atoms with Gasteiger partial charge < -0.3 is 9.29 Å². The van der Waals surface area contributed by atoms with Crippen LogP contribution in [0.1, 0.15) is 0 Å². The van der Waals surface area contributed by atoms with Gasteiger partial charge in [-0.05, 0) is 34.1 Å². The van der Waals surface area contributed by atoms with Gasteiger partial charge in [0.25, 0.3) is 0 Å². The van der Waals surface area contributed by atoms with Gasteiger partial charge in [-0.25, -0.2) is 9.19 Å². The Balaban J connectivity index is 2.30. The predicted molar refractivity (Wildman–Crippen MR) is 77.5 cm³/mol. The first-order valence-electron chi connectivity index (χ1n) is 4.87. The van der Waals surface area contributed by atoms with Crippen molar-refractivity contribution in [2.75, 3.05) is 0 Å². The monoisotopic (exact) mass is 381 g/mol. The average Bonchev–Trinajstić information content (AvgIpc) is 2.30. The normalized spacial score (nSPS) is 12.2. The largest absolute Gasteiger partial charge is 0.456 e. The van der Waals surface area contributed by atoms with Crippen LogP contribution in [-0.2, 0) is 11.1 Å². The van der Waals surface area contributed by atoms with Crippen LogP contribution in [0.4, 0.5) is 0 Å². The van der Waals surface area contributed by atoms with Crippen LogP contribution in [0, 0.1) is 0 Å². The van der Waals surface area contributed by atoms with Crippen LogP contribution in [0.15, 0.2) is 39.7 Å². The number of benzene rings is 1. The van der Waals surface area contributed by atoms with Crippen molar-refractivity contribution in [3.8, 4) is 11.5 Å². The zero-order valence-electron chi connectivity index (χ0n) is 9.14. The molecule has 1 atom stereocenters. The lowest BCUT2D eigenvalue weighted by Gasteiger charge is -2.09.